The van der Waals surface area contributed by atoms with E-state index in [4.69, 9.17) is 11.6 Å². The lowest BCUT2D eigenvalue weighted by Gasteiger charge is -2.13. The smallest absolute Gasteiger partial charge is 0.270 e. The first kappa shape index (κ1) is 19.8. The van der Waals surface area contributed by atoms with Gasteiger partial charge < -0.3 is 10.6 Å². The second-order valence-corrected chi connectivity index (χ2v) is 7.20. The van der Waals surface area contributed by atoms with Crippen LogP contribution < -0.4 is 10.6 Å². The predicted octanol–water partition coefficient (Wildman–Crippen LogP) is 4.97. The number of halogens is 1. The van der Waals surface area contributed by atoms with E-state index >= 15 is 0 Å². The van der Waals surface area contributed by atoms with E-state index in [1.807, 2.05) is 42.5 Å². The lowest BCUT2D eigenvalue weighted by molar-refractivity contribution is 0.0949. The van der Waals surface area contributed by atoms with Crippen molar-refractivity contribution in [2.45, 2.75) is 26.2 Å². The van der Waals surface area contributed by atoms with Gasteiger partial charge in [0.2, 0.25) is 5.95 Å². The Bertz CT molecular complexity index is 959. The number of carbonyl (C=O) groups excluding carboxylic acids is 1. The first-order valence-corrected chi connectivity index (χ1v) is 9.62. The van der Waals surface area contributed by atoms with E-state index in [0.29, 0.717) is 35.5 Å². The molecule has 3 rings (SSSR count). The molecule has 0 unspecified atom stereocenters. The summed E-state index contributed by atoms with van der Waals surface area (Å²) in [6.45, 7) is 4.76. The zero-order valence-electron chi connectivity index (χ0n) is 15.9. The number of carbonyl (C=O) groups is 1. The maximum atomic E-state index is 12.4. The van der Waals surface area contributed by atoms with Crippen molar-refractivity contribution in [3.8, 4) is 0 Å². The summed E-state index contributed by atoms with van der Waals surface area (Å²) in [7, 11) is 0. The Morgan fingerprint density at radius 3 is 2.71 bits per heavy atom. The van der Waals surface area contributed by atoms with Crippen LogP contribution in [0, 0.1) is 0 Å². The van der Waals surface area contributed by atoms with Crippen LogP contribution in [0.2, 0.25) is 5.02 Å². The minimum absolute atomic E-state index is 0.232. The van der Waals surface area contributed by atoms with Gasteiger partial charge in [0.1, 0.15) is 5.69 Å². The Morgan fingerprint density at radius 1 is 1.11 bits per heavy atom. The van der Waals surface area contributed by atoms with Crippen LogP contribution in [-0.4, -0.2) is 22.4 Å². The molecule has 1 aromatic heterocycles. The molecule has 0 aliphatic carbocycles. The summed E-state index contributed by atoms with van der Waals surface area (Å²) >= 11 is 5.99. The molecule has 0 radical (unpaired) electrons. The van der Waals surface area contributed by atoms with Crippen molar-refractivity contribution in [3.63, 3.8) is 0 Å². The zero-order chi connectivity index (χ0) is 19.9. The van der Waals surface area contributed by atoms with E-state index in [-0.39, 0.29) is 5.91 Å². The molecule has 2 aromatic carbocycles. The van der Waals surface area contributed by atoms with Gasteiger partial charge >= 0.3 is 0 Å². The van der Waals surface area contributed by atoms with Gasteiger partial charge in [0.15, 0.2) is 0 Å². The number of anilines is 2. The highest BCUT2D eigenvalue weighted by Crippen LogP contribution is 2.25. The van der Waals surface area contributed by atoms with Gasteiger partial charge in [-0.25, -0.2) is 9.97 Å². The number of hydrogen-bond donors (Lipinski definition) is 2. The first-order chi connectivity index (χ1) is 13.5. The van der Waals surface area contributed by atoms with Gasteiger partial charge in [0, 0.05) is 23.5 Å². The highest BCUT2D eigenvalue weighted by atomic mass is 35.5. The summed E-state index contributed by atoms with van der Waals surface area (Å²) in [5.74, 6) is 0.530. The molecule has 0 aliphatic heterocycles. The second-order valence-electron chi connectivity index (χ2n) is 6.77. The molecule has 2 N–H and O–H groups in total. The summed E-state index contributed by atoms with van der Waals surface area (Å²) in [5, 5.41) is 6.80. The lowest BCUT2D eigenvalue weighted by Crippen LogP contribution is -2.26. The van der Waals surface area contributed by atoms with Crippen LogP contribution in [0.25, 0.3) is 0 Å². The standard InChI is InChI=1S/C22H23ClN4O/c1-15(2)18-8-3-4-9-19(18)26-22-25-13-11-20(27-22)21(28)24-12-10-16-6-5-7-17(23)14-16/h3-9,11,13-15H,10,12H2,1-2H3,(H,24,28)(H,25,26,27). The number of amides is 1. The molecule has 28 heavy (non-hydrogen) atoms. The molecule has 6 heteroatoms. The predicted molar refractivity (Wildman–Crippen MR) is 113 cm³/mol. The second kappa shape index (κ2) is 9.33. The average molecular weight is 395 g/mol. The Morgan fingerprint density at radius 2 is 1.93 bits per heavy atom. The Kier molecular flexibility index (Phi) is 6.61. The number of aromatic nitrogens is 2. The summed E-state index contributed by atoms with van der Waals surface area (Å²) in [6, 6.07) is 17.2. The maximum absolute atomic E-state index is 12.4. The molecule has 0 saturated heterocycles. The number of nitrogens with one attached hydrogen (secondary N) is 2. The molecule has 1 amide bonds. The highest BCUT2D eigenvalue weighted by molar-refractivity contribution is 6.30. The minimum Gasteiger partial charge on any atom is -0.350 e. The number of rotatable bonds is 7. The highest BCUT2D eigenvalue weighted by Gasteiger charge is 2.11. The number of hydrogen-bond acceptors (Lipinski definition) is 4. The van der Waals surface area contributed by atoms with E-state index in [1.54, 1.807) is 12.3 Å². The van der Waals surface area contributed by atoms with Crippen molar-refractivity contribution in [1.82, 2.24) is 15.3 Å². The number of para-hydroxylation sites is 1. The van der Waals surface area contributed by atoms with Gasteiger partial charge in [0.25, 0.3) is 5.91 Å². The van der Waals surface area contributed by atoms with Crippen LogP contribution >= 0.6 is 11.6 Å². The third kappa shape index (κ3) is 5.30. The van der Waals surface area contributed by atoms with Crippen molar-refractivity contribution in [2.75, 3.05) is 11.9 Å². The van der Waals surface area contributed by atoms with E-state index in [2.05, 4.69) is 40.5 Å². The van der Waals surface area contributed by atoms with Gasteiger partial charge in [-0.05, 0) is 47.7 Å². The van der Waals surface area contributed by atoms with E-state index in [0.717, 1.165) is 11.3 Å². The topological polar surface area (TPSA) is 66.9 Å². The molecule has 0 atom stereocenters. The fourth-order valence-electron chi connectivity index (χ4n) is 2.88. The molecule has 3 aromatic rings. The van der Waals surface area contributed by atoms with E-state index < -0.39 is 0 Å². The molecular formula is C22H23ClN4O. The van der Waals surface area contributed by atoms with Crippen molar-refractivity contribution in [1.29, 1.82) is 0 Å². The van der Waals surface area contributed by atoms with Crippen LogP contribution in [0.1, 0.15) is 41.4 Å². The van der Waals surface area contributed by atoms with Crippen molar-refractivity contribution in [3.05, 3.63) is 82.6 Å². The molecule has 1 heterocycles. The SMILES string of the molecule is CC(C)c1ccccc1Nc1nccc(C(=O)NCCc2cccc(Cl)c2)n1. The maximum Gasteiger partial charge on any atom is 0.270 e. The quantitative estimate of drug-likeness (QED) is 0.593. The lowest BCUT2D eigenvalue weighted by atomic mass is 10.0. The number of nitrogens with zero attached hydrogens (tertiary/aromatic N) is 2. The molecular weight excluding hydrogens is 372 g/mol. The van der Waals surface area contributed by atoms with E-state index in [9.17, 15) is 4.79 Å². The van der Waals surface area contributed by atoms with Crippen LogP contribution in [-0.2, 0) is 6.42 Å². The molecule has 0 fully saturated rings. The molecule has 144 valence electrons. The molecule has 0 bridgehead atoms. The van der Waals surface area contributed by atoms with Gasteiger partial charge in [-0.15, -0.1) is 0 Å². The normalized spacial score (nSPS) is 10.7. The Balaban J connectivity index is 1.63. The largest absolute Gasteiger partial charge is 0.350 e. The summed E-state index contributed by atoms with van der Waals surface area (Å²) in [5.41, 5.74) is 3.51. The third-order valence-corrected chi connectivity index (χ3v) is 4.54. The summed E-state index contributed by atoms with van der Waals surface area (Å²) in [6.07, 6.45) is 2.28. The molecule has 0 spiro atoms. The van der Waals surface area contributed by atoms with Gasteiger partial charge in [-0.1, -0.05) is 55.8 Å². The van der Waals surface area contributed by atoms with Crippen LogP contribution in [0.3, 0.4) is 0 Å². The van der Waals surface area contributed by atoms with E-state index in [1.165, 1.54) is 5.56 Å². The van der Waals surface area contributed by atoms with Crippen LogP contribution in [0.5, 0.6) is 0 Å². The summed E-state index contributed by atoms with van der Waals surface area (Å²) < 4.78 is 0. The van der Waals surface area contributed by atoms with Gasteiger partial charge in [0.05, 0.1) is 0 Å². The molecule has 0 saturated carbocycles. The number of benzene rings is 2. The fourth-order valence-corrected chi connectivity index (χ4v) is 3.10. The molecule has 0 aliphatic rings. The zero-order valence-corrected chi connectivity index (χ0v) is 16.7. The fraction of sp³-hybridized carbons (Fsp3) is 0.227. The third-order valence-electron chi connectivity index (χ3n) is 4.31. The van der Waals surface area contributed by atoms with Gasteiger partial charge in [-0.2, -0.15) is 0 Å². The average Bonchev–Trinajstić information content (AvgIpc) is 2.68. The van der Waals surface area contributed by atoms with Crippen LogP contribution in [0.15, 0.2) is 60.8 Å². The first-order valence-electron chi connectivity index (χ1n) is 9.24. The summed E-state index contributed by atoms with van der Waals surface area (Å²) in [4.78, 5) is 21.0. The van der Waals surface area contributed by atoms with Crippen molar-refractivity contribution in [2.24, 2.45) is 0 Å². The monoisotopic (exact) mass is 394 g/mol. The Hall–Kier alpha value is -2.92. The molecule has 5 nitrogen and oxygen atoms in total. The Labute approximate surface area is 170 Å². The van der Waals surface area contributed by atoms with Crippen LogP contribution in [0.4, 0.5) is 11.6 Å². The van der Waals surface area contributed by atoms with Crippen molar-refractivity contribution < 1.29 is 4.79 Å². The van der Waals surface area contributed by atoms with Crippen molar-refractivity contribution >= 4 is 29.1 Å². The van der Waals surface area contributed by atoms with Gasteiger partial charge in [-0.3, -0.25) is 4.79 Å². The minimum atomic E-state index is -0.232.